The number of pyridine rings is 1. The van der Waals surface area contributed by atoms with Gasteiger partial charge >= 0.3 is 0 Å². The molecule has 0 bridgehead atoms. The normalized spacial score (nSPS) is 9.58. The predicted octanol–water partition coefficient (Wildman–Crippen LogP) is 1.23. The largest absolute Gasteiger partial charge is 0.354 e. The fraction of sp³-hybridized carbons (Fsp3) is 0.143. The van der Waals surface area contributed by atoms with Gasteiger partial charge in [-0.05, 0) is 6.07 Å². The van der Waals surface area contributed by atoms with Gasteiger partial charge in [-0.25, -0.2) is 9.37 Å². The summed E-state index contributed by atoms with van der Waals surface area (Å²) < 4.78 is 12.9. The Morgan fingerprint density at radius 1 is 1.75 bits per heavy atom. The van der Waals surface area contributed by atoms with Gasteiger partial charge in [0.25, 0.3) is 5.91 Å². The van der Waals surface area contributed by atoms with Crippen molar-refractivity contribution >= 4 is 17.5 Å². The first-order valence-corrected chi connectivity index (χ1v) is 3.56. The number of nitrogens with one attached hydrogen (secondary N) is 1. The molecule has 1 N–H and O–H groups in total. The highest BCUT2D eigenvalue weighted by molar-refractivity contribution is 6.30. The molecule has 1 rings (SSSR count). The van der Waals surface area contributed by atoms with Crippen molar-refractivity contribution in [1.82, 2.24) is 10.3 Å². The number of hydrogen-bond donors (Lipinski definition) is 1. The number of carbonyl (C=O) groups is 1. The number of carbonyl (C=O) groups excluding carboxylic acids is 1. The van der Waals surface area contributed by atoms with E-state index in [0.29, 0.717) is 0 Å². The van der Waals surface area contributed by atoms with Gasteiger partial charge < -0.3 is 5.32 Å². The summed E-state index contributed by atoms with van der Waals surface area (Å²) in [6.07, 6.45) is 1.22. The summed E-state index contributed by atoms with van der Waals surface area (Å²) in [6, 6.07) is 1.04. The molecule has 5 heteroatoms. The van der Waals surface area contributed by atoms with Gasteiger partial charge in [0.1, 0.15) is 0 Å². The Labute approximate surface area is 73.6 Å². The van der Waals surface area contributed by atoms with Crippen molar-refractivity contribution in [2.24, 2.45) is 0 Å². The molecule has 0 aliphatic heterocycles. The molecule has 1 heterocycles. The lowest BCUT2D eigenvalue weighted by Crippen LogP contribution is -2.20. The second kappa shape index (κ2) is 3.49. The summed E-state index contributed by atoms with van der Waals surface area (Å²) in [5.41, 5.74) is -0.248. The van der Waals surface area contributed by atoms with E-state index < -0.39 is 11.7 Å². The van der Waals surface area contributed by atoms with Crippen LogP contribution in [0.15, 0.2) is 12.3 Å². The van der Waals surface area contributed by atoms with E-state index in [9.17, 15) is 9.18 Å². The van der Waals surface area contributed by atoms with E-state index in [-0.39, 0.29) is 10.7 Å². The molecule has 3 nitrogen and oxygen atoms in total. The quantitative estimate of drug-likeness (QED) is 0.721. The Hall–Kier alpha value is -1.16. The Kier molecular flexibility index (Phi) is 2.60. The SMILES string of the molecule is CNC(=O)c1ncc(Cl)cc1F. The number of hydrogen-bond acceptors (Lipinski definition) is 2. The van der Waals surface area contributed by atoms with Gasteiger partial charge in [0.15, 0.2) is 11.5 Å². The molecule has 0 unspecified atom stereocenters. The molecular formula is C7H6ClFN2O. The van der Waals surface area contributed by atoms with Crippen molar-refractivity contribution in [3.05, 3.63) is 28.8 Å². The van der Waals surface area contributed by atoms with E-state index in [0.717, 1.165) is 6.07 Å². The molecule has 0 saturated heterocycles. The topological polar surface area (TPSA) is 42.0 Å². The van der Waals surface area contributed by atoms with Crippen LogP contribution < -0.4 is 5.32 Å². The monoisotopic (exact) mass is 188 g/mol. The van der Waals surface area contributed by atoms with Crippen LogP contribution in [0.2, 0.25) is 5.02 Å². The van der Waals surface area contributed by atoms with E-state index in [1.54, 1.807) is 0 Å². The minimum Gasteiger partial charge on any atom is -0.354 e. The third kappa shape index (κ3) is 1.71. The van der Waals surface area contributed by atoms with Gasteiger partial charge in [-0.1, -0.05) is 11.6 Å². The second-order valence-electron chi connectivity index (χ2n) is 2.06. The van der Waals surface area contributed by atoms with Gasteiger partial charge in [-0.3, -0.25) is 4.79 Å². The van der Waals surface area contributed by atoms with Gasteiger partial charge in [-0.15, -0.1) is 0 Å². The molecule has 0 aromatic carbocycles. The molecule has 1 aromatic heterocycles. The molecule has 0 aliphatic rings. The molecular weight excluding hydrogens is 183 g/mol. The van der Waals surface area contributed by atoms with Crippen LogP contribution in [0.1, 0.15) is 10.5 Å². The molecule has 1 aromatic rings. The maximum absolute atomic E-state index is 12.9. The maximum atomic E-state index is 12.9. The number of nitrogens with zero attached hydrogens (tertiary/aromatic N) is 1. The lowest BCUT2D eigenvalue weighted by molar-refractivity contribution is 0.0954. The Balaban J connectivity index is 3.09. The predicted molar refractivity (Wildman–Crippen MR) is 42.6 cm³/mol. The standard InChI is InChI=1S/C7H6ClFN2O/c1-10-7(12)6-5(9)2-4(8)3-11-6/h2-3H,1H3,(H,10,12). The summed E-state index contributed by atoms with van der Waals surface area (Å²) in [4.78, 5) is 14.4. The van der Waals surface area contributed by atoms with Crippen molar-refractivity contribution in [2.75, 3.05) is 7.05 Å². The molecule has 0 radical (unpaired) electrons. The molecule has 12 heavy (non-hydrogen) atoms. The van der Waals surface area contributed by atoms with Crippen LogP contribution in [0, 0.1) is 5.82 Å². The highest BCUT2D eigenvalue weighted by atomic mass is 35.5. The van der Waals surface area contributed by atoms with Gasteiger partial charge in [0, 0.05) is 13.2 Å². The van der Waals surface area contributed by atoms with Crippen LogP contribution >= 0.6 is 11.6 Å². The van der Waals surface area contributed by atoms with Crippen LogP contribution in [0.4, 0.5) is 4.39 Å². The van der Waals surface area contributed by atoms with E-state index >= 15 is 0 Å². The van der Waals surface area contributed by atoms with Crippen molar-refractivity contribution < 1.29 is 9.18 Å². The van der Waals surface area contributed by atoms with Crippen LogP contribution in [0.25, 0.3) is 0 Å². The smallest absolute Gasteiger partial charge is 0.272 e. The molecule has 1 amide bonds. The van der Waals surface area contributed by atoms with Crippen LogP contribution in [0.3, 0.4) is 0 Å². The first-order valence-electron chi connectivity index (χ1n) is 3.18. The Morgan fingerprint density at radius 3 is 2.92 bits per heavy atom. The van der Waals surface area contributed by atoms with Crippen molar-refractivity contribution in [1.29, 1.82) is 0 Å². The lowest BCUT2D eigenvalue weighted by atomic mass is 10.3. The summed E-state index contributed by atoms with van der Waals surface area (Å²) in [6.45, 7) is 0. The summed E-state index contributed by atoms with van der Waals surface area (Å²) in [7, 11) is 1.40. The van der Waals surface area contributed by atoms with Crippen LogP contribution in [0.5, 0.6) is 0 Å². The number of aromatic nitrogens is 1. The zero-order valence-corrected chi connectivity index (χ0v) is 7.02. The highest BCUT2D eigenvalue weighted by Gasteiger charge is 2.11. The number of halogens is 2. The molecule has 0 saturated carbocycles. The average molecular weight is 189 g/mol. The summed E-state index contributed by atoms with van der Waals surface area (Å²) in [5, 5.41) is 2.42. The maximum Gasteiger partial charge on any atom is 0.272 e. The minimum atomic E-state index is -0.721. The van der Waals surface area contributed by atoms with Gasteiger partial charge in [-0.2, -0.15) is 0 Å². The minimum absolute atomic E-state index is 0.167. The Bertz CT molecular complexity index is 316. The first-order chi connectivity index (χ1) is 5.65. The summed E-state index contributed by atoms with van der Waals surface area (Å²) >= 11 is 5.43. The lowest BCUT2D eigenvalue weighted by Gasteiger charge is -1.99. The average Bonchev–Trinajstić information content (AvgIpc) is 2.03. The Morgan fingerprint density at radius 2 is 2.42 bits per heavy atom. The van der Waals surface area contributed by atoms with E-state index in [1.807, 2.05) is 0 Å². The van der Waals surface area contributed by atoms with Crippen LogP contribution in [-0.4, -0.2) is 17.9 Å². The first kappa shape index (κ1) is 8.93. The molecule has 0 aliphatic carbocycles. The molecule has 0 atom stereocenters. The third-order valence-electron chi connectivity index (χ3n) is 1.25. The van der Waals surface area contributed by atoms with Gasteiger partial charge in [0.05, 0.1) is 5.02 Å². The summed E-state index contributed by atoms with van der Waals surface area (Å²) in [5.74, 6) is -1.29. The van der Waals surface area contributed by atoms with E-state index in [2.05, 4.69) is 10.3 Å². The molecule has 64 valence electrons. The molecule has 0 fully saturated rings. The fourth-order valence-corrected chi connectivity index (χ4v) is 0.845. The van der Waals surface area contributed by atoms with Gasteiger partial charge in [0.2, 0.25) is 0 Å². The van der Waals surface area contributed by atoms with Crippen molar-refractivity contribution in [2.45, 2.75) is 0 Å². The zero-order chi connectivity index (χ0) is 9.14. The number of rotatable bonds is 1. The van der Waals surface area contributed by atoms with Crippen molar-refractivity contribution in [3.8, 4) is 0 Å². The number of amides is 1. The van der Waals surface area contributed by atoms with E-state index in [1.165, 1.54) is 13.2 Å². The van der Waals surface area contributed by atoms with Crippen molar-refractivity contribution in [3.63, 3.8) is 0 Å². The second-order valence-corrected chi connectivity index (χ2v) is 2.50. The van der Waals surface area contributed by atoms with Crippen LogP contribution in [-0.2, 0) is 0 Å². The zero-order valence-electron chi connectivity index (χ0n) is 6.27. The third-order valence-corrected chi connectivity index (χ3v) is 1.46. The highest BCUT2D eigenvalue weighted by Crippen LogP contribution is 2.10. The fourth-order valence-electron chi connectivity index (χ4n) is 0.700. The van der Waals surface area contributed by atoms with E-state index in [4.69, 9.17) is 11.6 Å². The molecule has 0 spiro atoms.